The van der Waals surface area contributed by atoms with Crippen LogP contribution < -0.4 is 10.1 Å². The molecular weight excluding hydrogens is 523 g/mol. The zero-order valence-corrected chi connectivity index (χ0v) is 24.2. The first-order valence-corrected chi connectivity index (χ1v) is 15.4. The highest BCUT2D eigenvalue weighted by atomic mass is 32.2. The molecule has 4 aliphatic carbocycles. The van der Waals surface area contributed by atoms with E-state index in [1.165, 1.54) is 12.1 Å². The Morgan fingerprint density at radius 1 is 1.08 bits per heavy atom. The lowest BCUT2D eigenvalue weighted by Crippen LogP contribution is -2.58. The van der Waals surface area contributed by atoms with Gasteiger partial charge in [0.15, 0.2) is 9.84 Å². The van der Waals surface area contributed by atoms with E-state index in [1.54, 1.807) is 32.9 Å². The molecule has 10 heteroatoms. The number of carbonyl (C=O) groups is 2. The first-order valence-electron chi connectivity index (χ1n) is 13.7. The van der Waals surface area contributed by atoms with Crippen LogP contribution in [0.25, 0.3) is 0 Å². The van der Waals surface area contributed by atoms with Crippen molar-refractivity contribution in [3.63, 3.8) is 0 Å². The van der Waals surface area contributed by atoms with Crippen molar-refractivity contribution >= 4 is 21.8 Å². The molecule has 216 valence electrons. The largest absolute Gasteiger partial charge is 0.489 e. The molecular formula is C29H41FN2O6S. The second kappa shape index (κ2) is 11.1. The Morgan fingerprint density at radius 3 is 2.18 bits per heavy atom. The van der Waals surface area contributed by atoms with Crippen LogP contribution in [-0.2, 0) is 19.4 Å². The Hall–Kier alpha value is -2.62. The summed E-state index contributed by atoms with van der Waals surface area (Å²) in [5.41, 5.74) is -0.819. The summed E-state index contributed by atoms with van der Waals surface area (Å²) in [6, 6.07) is 6.17. The molecule has 1 aromatic carbocycles. The highest BCUT2D eigenvalue weighted by Gasteiger charge is 2.53. The summed E-state index contributed by atoms with van der Waals surface area (Å²) in [4.78, 5) is 26.7. The summed E-state index contributed by atoms with van der Waals surface area (Å²) in [6.07, 6.45) is 6.71. The van der Waals surface area contributed by atoms with E-state index in [2.05, 4.69) is 5.32 Å². The van der Waals surface area contributed by atoms with E-state index in [-0.39, 0.29) is 52.2 Å². The highest BCUT2D eigenvalue weighted by Crippen LogP contribution is 2.55. The average Bonchev–Trinajstić information content (AvgIpc) is 3.73. The molecule has 0 saturated heterocycles. The Labute approximate surface area is 231 Å². The second-order valence-corrected chi connectivity index (χ2v) is 14.5. The van der Waals surface area contributed by atoms with Crippen LogP contribution >= 0.6 is 0 Å². The van der Waals surface area contributed by atoms with Crippen LogP contribution in [0.15, 0.2) is 41.1 Å². The van der Waals surface area contributed by atoms with Gasteiger partial charge in [0, 0.05) is 30.6 Å². The van der Waals surface area contributed by atoms with Gasteiger partial charge in [-0.2, -0.15) is 0 Å². The van der Waals surface area contributed by atoms with Gasteiger partial charge in [0.1, 0.15) is 18.0 Å². The van der Waals surface area contributed by atoms with E-state index >= 15 is 0 Å². The lowest BCUT2D eigenvalue weighted by molar-refractivity contribution is -0.143. The van der Waals surface area contributed by atoms with Crippen molar-refractivity contribution < 1.29 is 31.9 Å². The zero-order valence-electron chi connectivity index (χ0n) is 23.4. The van der Waals surface area contributed by atoms with Gasteiger partial charge in [-0.1, -0.05) is 0 Å². The van der Waals surface area contributed by atoms with Crippen LogP contribution in [0.5, 0.6) is 5.75 Å². The SMILES string of the molecule is CN(C(=O)C1CC1)C12CCC(CS(=O)(=O)c3ccc(OC/C(=C/F)CNC(=O)OC(C)(C)C)cc3)(CC1)CC2. The number of halogens is 1. The maximum absolute atomic E-state index is 13.4. The Bertz CT molecular complexity index is 1180. The maximum atomic E-state index is 13.4. The minimum atomic E-state index is -3.52. The molecule has 2 amide bonds. The number of rotatable bonds is 10. The number of ether oxygens (including phenoxy) is 2. The summed E-state index contributed by atoms with van der Waals surface area (Å²) in [5.74, 6) is 0.945. The molecule has 5 rings (SSSR count). The van der Waals surface area contributed by atoms with Crippen LogP contribution in [0.1, 0.15) is 72.1 Å². The third kappa shape index (κ3) is 7.13. The standard InChI is InChI=1S/C29H41FN2O6S/c1-27(2,3)38-26(34)31-18-21(17-30)19-37-23-7-9-24(10-8-23)39(35,36)20-28-11-14-29(15-12-28,16-13-28)32(4)25(33)22-5-6-22/h7-10,17,22H,5-6,11-16,18-20H2,1-4H3,(H,31,34)/b21-17+. The molecule has 0 unspecified atom stereocenters. The van der Waals surface area contributed by atoms with E-state index in [0.29, 0.717) is 12.1 Å². The Balaban J connectivity index is 1.29. The number of amides is 2. The van der Waals surface area contributed by atoms with E-state index in [9.17, 15) is 22.4 Å². The summed E-state index contributed by atoms with van der Waals surface area (Å²) in [5, 5.41) is 2.48. The molecule has 4 aliphatic rings. The van der Waals surface area contributed by atoms with Gasteiger partial charge in [0.2, 0.25) is 5.91 Å². The third-order valence-corrected chi connectivity index (χ3v) is 10.4. The molecule has 2 bridgehead atoms. The molecule has 39 heavy (non-hydrogen) atoms. The van der Waals surface area contributed by atoms with E-state index in [4.69, 9.17) is 9.47 Å². The fourth-order valence-corrected chi connectivity index (χ4v) is 7.78. The number of carbonyl (C=O) groups excluding carboxylic acids is 2. The molecule has 1 N–H and O–H groups in total. The molecule has 0 radical (unpaired) electrons. The molecule has 1 aromatic rings. The van der Waals surface area contributed by atoms with Gasteiger partial charge in [-0.3, -0.25) is 4.79 Å². The third-order valence-electron chi connectivity index (χ3n) is 8.45. The molecule has 0 aliphatic heterocycles. The van der Waals surface area contributed by atoms with Gasteiger partial charge in [0.05, 0.1) is 17.0 Å². The van der Waals surface area contributed by atoms with Gasteiger partial charge >= 0.3 is 6.09 Å². The van der Waals surface area contributed by atoms with Gasteiger partial charge in [-0.05, 0) is 102 Å². The molecule has 0 spiro atoms. The second-order valence-electron chi connectivity index (χ2n) is 12.5. The van der Waals surface area contributed by atoms with Crippen molar-refractivity contribution in [3.8, 4) is 5.75 Å². The normalized spacial score (nSPS) is 25.2. The predicted octanol–water partition coefficient (Wildman–Crippen LogP) is 5.18. The van der Waals surface area contributed by atoms with Crippen molar-refractivity contribution in [1.82, 2.24) is 10.2 Å². The minimum Gasteiger partial charge on any atom is -0.489 e. The summed E-state index contributed by atoms with van der Waals surface area (Å²) < 4.78 is 50.7. The van der Waals surface area contributed by atoms with Crippen molar-refractivity contribution in [2.45, 2.75) is 88.2 Å². The predicted molar refractivity (Wildman–Crippen MR) is 146 cm³/mol. The van der Waals surface area contributed by atoms with Crippen molar-refractivity contribution in [2.75, 3.05) is 26.0 Å². The molecule has 4 saturated carbocycles. The van der Waals surface area contributed by atoms with E-state index in [1.807, 2.05) is 11.9 Å². The number of hydrogen-bond donors (Lipinski definition) is 1. The fraction of sp³-hybridized carbons (Fsp3) is 0.655. The number of nitrogens with one attached hydrogen (secondary N) is 1. The monoisotopic (exact) mass is 564 g/mol. The van der Waals surface area contributed by atoms with Gasteiger partial charge < -0.3 is 19.7 Å². The number of nitrogens with zero attached hydrogens (tertiary/aromatic N) is 1. The number of sulfone groups is 1. The zero-order chi connectivity index (χ0) is 28.5. The van der Waals surface area contributed by atoms with Gasteiger partial charge in [-0.25, -0.2) is 17.6 Å². The smallest absolute Gasteiger partial charge is 0.407 e. The molecule has 0 heterocycles. The molecule has 8 nitrogen and oxygen atoms in total. The minimum absolute atomic E-state index is 0.0776. The maximum Gasteiger partial charge on any atom is 0.407 e. The van der Waals surface area contributed by atoms with Crippen LogP contribution in [0.3, 0.4) is 0 Å². The quantitative estimate of drug-likeness (QED) is 0.420. The van der Waals surface area contributed by atoms with Crippen molar-refractivity contribution in [2.24, 2.45) is 11.3 Å². The average molecular weight is 565 g/mol. The van der Waals surface area contributed by atoms with Crippen molar-refractivity contribution in [1.29, 1.82) is 0 Å². The van der Waals surface area contributed by atoms with Crippen LogP contribution in [0.2, 0.25) is 0 Å². The van der Waals surface area contributed by atoms with Crippen LogP contribution in [0.4, 0.5) is 9.18 Å². The van der Waals surface area contributed by atoms with Crippen LogP contribution in [-0.4, -0.2) is 62.4 Å². The summed E-state index contributed by atoms with van der Waals surface area (Å²) >= 11 is 0. The highest BCUT2D eigenvalue weighted by molar-refractivity contribution is 7.91. The van der Waals surface area contributed by atoms with Gasteiger partial charge in [-0.15, -0.1) is 0 Å². The first-order chi connectivity index (χ1) is 18.3. The fourth-order valence-electron chi connectivity index (χ4n) is 5.83. The lowest BCUT2D eigenvalue weighted by Gasteiger charge is -2.56. The molecule has 0 aromatic heterocycles. The number of fused-ring (bicyclic) bond motifs is 3. The van der Waals surface area contributed by atoms with Gasteiger partial charge in [0.25, 0.3) is 0 Å². The summed E-state index contributed by atoms with van der Waals surface area (Å²) in [7, 11) is -1.59. The summed E-state index contributed by atoms with van der Waals surface area (Å²) in [6.45, 7) is 5.02. The Morgan fingerprint density at radius 2 is 1.67 bits per heavy atom. The van der Waals surface area contributed by atoms with E-state index < -0.39 is 21.5 Å². The number of hydrogen-bond acceptors (Lipinski definition) is 6. The first kappa shape index (κ1) is 29.4. The van der Waals surface area contributed by atoms with Crippen molar-refractivity contribution in [3.05, 3.63) is 36.2 Å². The van der Waals surface area contributed by atoms with E-state index in [0.717, 1.165) is 51.4 Å². The number of benzene rings is 1. The lowest BCUT2D eigenvalue weighted by atomic mass is 9.57. The molecule has 0 atom stereocenters. The topological polar surface area (TPSA) is 102 Å². The van der Waals surface area contributed by atoms with Crippen LogP contribution in [0, 0.1) is 11.3 Å². The Kier molecular flexibility index (Phi) is 8.36. The number of alkyl carbamates (subject to hydrolysis) is 1. The molecule has 4 fully saturated rings.